The van der Waals surface area contributed by atoms with Crippen LogP contribution in [0.2, 0.25) is 0 Å². The number of ether oxygens (including phenoxy) is 2. The summed E-state index contributed by atoms with van der Waals surface area (Å²) in [6, 6.07) is 4.16. The van der Waals surface area contributed by atoms with E-state index in [2.05, 4.69) is 24.5 Å². The predicted octanol–water partition coefficient (Wildman–Crippen LogP) is 1.18. The number of hydrogen-bond acceptors (Lipinski definition) is 4. The predicted molar refractivity (Wildman–Crippen MR) is 71.9 cm³/mol. The topological polar surface area (TPSA) is 73.6 Å². The molecule has 0 radical (unpaired) electrons. The summed E-state index contributed by atoms with van der Waals surface area (Å²) in [5.74, 6) is 5.84. The van der Waals surface area contributed by atoms with E-state index in [4.69, 9.17) is 15.3 Å². The van der Waals surface area contributed by atoms with Crippen LogP contribution in [0.1, 0.15) is 29.0 Å². The molecule has 0 spiro atoms. The summed E-state index contributed by atoms with van der Waals surface area (Å²) in [6.07, 6.45) is 0.988. The average Bonchev–Trinajstić information content (AvgIpc) is 2.90. The fourth-order valence-electron chi connectivity index (χ4n) is 2.45. The molecule has 1 heterocycles. The third kappa shape index (κ3) is 3.24. The van der Waals surface area contributed by atoms with Crippen LogP contribution in [0.5, 0.6) is 5.75 Å². The maximum Gasteiger partial charge on any atom is 0.271 e. The highest BCUT2D eigenvalue weighted by molar-refractivity contribution is 5.76. The summed E-state index contributed by atoms with van der Waals surface area (Å²) in [5, 5.41) is 0. The van der Waals surface area contributed by atoms with Crippen molar-refractivity contribution >= 4 is 5.91 Å². The zero-order valence-corrected chi connectivity index (χ0v) is 11.4. The van der Waals surface area contributed by atoms with E-state index in [-0.39, 0.29) is 12.5 Å². The second kappa shape index (κ2) is 6.04. The maximum atomic E-state index is 11.2. The quantitative estimate of drug-likeness (QED) is 0.486. The lowest BCUT2D eigenvalue weighted by molar-refractivity contribution is -0.123. The molecule has 0 saturated carbocycles. The Balaban J connectivity index is 2.26. The molecule has 1 fully saturated rings. The van der Waals surface area contributed by atoms with Crippen LogP contribution in [0.3, 0.4) is 0 Å². The Morgan fingerprint density at radius 1 is 1.53 bits per heavy atom. The standard InChI is InChI=1S/C14H20N2O3/c1-9-5-10(2)14(19-8-13(17)16-15)12(6-9)11-3-4-18-7-11/h5-6,11H,3-4,7-8,15H2,1-2H3,(H,16,17). The van der Waals surface area contributed by atoms with Gasteiger partial charge in [0.25, 0.3) is 5.91 Å². The Bertz CT molecular complexity index is 468. The van der Waals surface area contributed by atoms with E-state index in [0.717, 1.165) is 29.9 Å². The second-order valence-electron chi connectivity index (χ2n) is 4.92. The molecule has 1 aliphatic heterocycles. The van der Waals surface area contributed by atoms with Crippen LogP contribution in [0.25, 0.3) is 0 Å². The molecule has 104 valence electrons. The van der Waals surface area contributed by atoms with Gasteiger partial charge in [0.2, 0.25) is 0 Å². The monoisotopic (exact) mass is 264 g/mol. The molecule has 5 heteroatoms. The minimum absolute atomic E-state index is 0.0685. The van der Waals surface area contributed by atoms with E-state index in [1.54, 1.807) is 0 Å². The van der Waals surface area contributed by atoms with Crippen molar-refractivity contribution in [2.75, 3.05) is 19.8 Å². The summed E-state index contributed by atoms with van der Waals surface area (Å²) in [5.41, 5.74) is 5.42. The molecule has 0 bridgehead atoms. The van der Waals surface area contributed by atoms with Crippen LogP contribution in [-0.4, -0.2) is 25.7 Å². The molecule has 0 aliphatic carbocycles. The number of carbonyl (C=O) groups is 1. The molecule has 1 amide bonds. The van der Waals surface area contributed by atoms with Crippen LogP contribution in [0.4, 0.5) is 0 Å². The Hall–Kier alpha value is -1.59. The average molecular weight is 264 g/mol. The Labute approximate surface area is 113 Å². The van der Waals surface area contributed by atoms with Crippen LogP contribution < -0.4 is 16.0 Å². The van der Waals surface area contributed by atoms with Gasteiger partial charge in [0.15, 0.2) is 6.61 Å². The number of rotatable bonds is 4. The lowest BCUT2D eigenvalue weighted by Gasteiger charge is -2.18. The molecule has 1 aliphatic rings. The Kier molecular flexibility index (Phi) is 4.39. The van der Waals surface area contributed by atoms with Gasteiger partial charge in [0.1, 0.15) is 5.75 Å². The minimum atomic E-state index is -0.339. The highest BCUT2D eigenvalue weighted by Crippen LogP contribution is 2.35. The molecule has 1 aromatic rings. The number of benzene rings is 1. The molecule has 1 atom stereocenters. The van der Waals surface area contributed by atoms with E-state index >= 15 is 0 Å². The molecular formula is C14H20N2O3. The number of hydrazine groups is 1. The molecule has 1 unspecified atom stereocenters. The first-order valence-electron chi connectivity index (χ1n) is 6.43. The smallest absolute Gasteiger partial charge is 0.271 e. The fraction of sp³-hybridized carbons (Fsp3) is 0.500. The fourth-order valence-corrected chi connectivity index (χ4v) is 2.45. The van der Waals surface area contributed by atoms with E-state index in [1.165, 1.54) is 5.56 Å². The van der Waals surface area contributed by atoms with Gasteiger partial charge < -0.3 is 9.47 Å². The molecule has 19 heavy (non-hydrogen) atoms. The highest BCUT2D eigenvalue weighted by Gasteiger charge is 2.23. The first kappa shape index (κ1) is 13.8. The summed E-state index contributed by atoms with van der Waals surface area (Å²) < 4.78 is 11.1. The summed E-state index contributed by atoms with van der Waals surface area (Å²) in [4.78, 5) is 11.2. The van der Waals surface area contributed by atoms with E-state index in [0.29, 0.717) is 12.5 Å². The third-order valence-electron chi connectivity index (χ3n) is 3.33. The maximum absolute atomic E-state index is 11.2. The highest BCUT2D eigenvalue weighted by atomic mass is 16.5. The van der Waals surface area contributed by atoms with Gasteiger partial charge in [-0.25, -0.2) is 5.84 Å². The van der Waals surface area contributed by atoms with Gasteiger partial charge in [-0.2, -0.15) is 0 Å². The number of aryl methyl sites for hydroxylation is 2. The summed E-state index contributed by atoms with van der Waals surface area (Å²) >= 11 is 0. The zero-order chi connectivity index (χ0) is 13.8. The lowest BCUT2D eigenvalue weighted by Crippen LogP contribution is -2.34. The van der Waals surface area contributed by atoms with Gasteiger partial charge in [-0.05, 0) is 25.8 Å². The SMILES string of the molecule is Cc1cc(C)c(OCC(=O)NN)c(C2CCOC2)c1. The minimum Gasteiger partial charge on any atom is -0.483 e. The van der Waals surface area contributed by atoms with Crippen molar-refractivity contribution in [1.29, 1.82) is 0 Å². The van der Waals surface area contributed by atoms with Crippen molar-refractivity contribution in [2.45, 2.75) is 26.2 Å². The van der Waals surface area contributed by atoms with Crippen LogP contribution in [-0.2, 0) is 9.53 Å². The summed E-state index contributed by atoms with van der Waals surface area (Å²) in [7, 11) is 0. The first-order chi connectivity index (χ1) is 9.11. The number of hydrogen-bond donors (Lipinski definition) is 2. The molecule has 3 N–H and O–H groups in total. The van der Waals surface area contributed by atoms with E-state index in [1.807, 2.05) is 6.92 Å². The van der Waals surface area contributed by atoms with Crippen molar-refractivity contribution in [1.82, 2.24) is 5.43 Å². The third-order valence-corrected chi connectivity index (χ3v) is 3.33. The molecular weight excluding hydrogens is 244 g/mol. The van der Waals surface area contributed by atoms with Crippen molar-refractivity contribution in [2.24, 2.45) is 5.84 Å². The molecule has 5 nitrogen and oxygen atoms in total. The molecule has 0 aromatic heterocycles. The van der Waals surface area contributed by atoms with Crippen molar-refractivity contribution in [3.63, 3.8) is 0 Å². The summed E-state index contributed by atoms with van der Waals surface area (Å²) in [6.45, 7) is 5.47. The molecule has 1 aromatic carbocycles. The number of nitrogens with two attached hydrogens (primary N) is 1. The normalized spacial score (nSPS) is 18.4. The van der Waals surface area contributed by atoms with E-state index in [9.17, 15) is 4.79 Å². The van der Waals surface area contributed by atoms with Crippen LogP contribution in [0, 0.1) is 13.8 Å². The van der Waals surface area contributed by atoms with Gasteiger partial charge >= 0.3 is 0 Å². The van der Waals surface area contributed by atoms with E-state index < -0.39 is 0 Å². The lowest BCUT2D eigenvalue weighted by atomic mass is 9.93. The second-order valence-corrected chi connectivity index (χ2v) is 4.92. The Morgan fingerprint density at radius 2 is 2.32 bits per heavy atom. The van der Waals surface area contributed by atoms with Crippen molar-refractivity contribution in [3.05, 3.63) is 28.8 Å². The van der Waals surface area contributed by atoms with Gasteiger partial charge in [-0.3, -0.25) is 10.2 Å². The largest absolute Gasteiger partial charge is 0.483 e. The number of carbonyl (C=O) groups excluding carboxylic acids is 1. The van der Waals surface area contributed by atoms with Crippen LogP contribution >= 0.6 is 0 Å². The van der Waals surface area contributed by atoms with Gasteiger partial charge in [0, 0.05) is 18.1 Å². The molecule has 1 saturated heterocycles. The first-order valence-corrected chi connectivity index (χ1v) is 6.43. The zero-order valence-electron chi connectivity index (χ0n) is 11.4. The van der Waals surface area contributed by atoms with Gasteiger partial charge in [-0.1, -0.05) is 17.7 Å². The van der Waals surface area contributed by atoms with Crippen molar-refractivity contribution in [3.8, 4) is 5.75 Å². The Morgan fingerprint density at radius 3 is 2.95 bits per heavy atom. The molecule has 2 rings (SSSR count). The van der Waals surface area contributed by atoms with Gasteiger partial charge in [-0.15, -0.1) is 0 Å². The number of amides is 1. The van der Waals surface area contributed by atoms with Crippen LogP contribution in [0.15, 0.2) is 12.1 Å². The van der Waals surface area contributed by atoms with Gasteiger partial charge in [0.05, 0.1) is 6.61 Å². The van der Waals surface area contributed by atoms with Crippen molar-refractivity contribution < 1.29 is 14.3 Å². The number of nitrogens with one attached hydrogen (secondary N) is 1.